The van der Waals surface area contributed by atoms with E-state index in [0.29, 0.717) is 17.3 Å². The van der Waals surface area contributed by atoms with E-state index in [4.69, 9.17) is 0 Å². The van der Waals surface area contributed by atoms with Crippen LogP contribution >= 0.6 is 0 Å². The molecule has 1 heterocycles. The number of nitrogens with zero attached hydrogens (tertiary/aromatic N) is 2. The quantitative estimate of drug-likeness (QED) is 0.623. The van der Waals surface area contributed by atoms with Crippen molar-refractivity contribution in [1.82, 2.24) is 20.5 Å². The summed E-state index contributed by atoms with van der Waals surface area (Å²) in [6.07, 6.45) is 5.13. The van der Waals surface area contributed by atoms with E-state index in [0.717, 1.165) is 24.2 Å². The maximum absolute atomic E-state index is 12.0. The first-order chi connectivity index (χ1) is 11.7. The molecule has 0 atom stereocenters. The number of amides is 1. The number of aromatic amines is 1. The minimum Gasteiger partial charge on any atom is -0.466 e. The Morgan fingerprint density at radius 3 is 2.75 bits per heavy atom. The first kappa shape index (κ1) is 15.9. The Balaban J connectivity index is 1.58. The number of nitrogens with one attached hydrogen (secondary N) is 2. The lowest BCUT2D eigenvalue weighted by molar-refractivity contribution is -0.134. The summed E-state index contributed by atoms with van der Waals surface area (Å²) in [5, 5.41) is 9.88. The summed E-state index contributed by atoms with van der Waals surface area (Å²) in [5.74, 6) is 1.43. The van der Waals surface area contributed by atoms with E-state index in [2.05, 4.69) is 25.2 Å². The van der Waals surface area contributed by atoms with Crippen LogP contribution in [0.3, 0.4) is 0 Å². The second kappa shape index (κ2) is 7.08. The zero-order valence-corrected chi connectivity index (χ0v) is 13.3. The Morgan fingerprint density at radius 1 is 1.33 bits per heavy atom. The molecule has 124 valence electrons. The summed E-state index contributed by atoms with van der Waals surface area (Å²) in [7, 11) is 1.30. The van der Waals surface area contributed by atoms with Crippen LogP contribution in [0.1, 0.15) is 34.9 Å². The van der Waals surface area contributed by atoms with Crippen LogP contribution in [0.5, 0.6) is 0 Å². The van der Waals surface area contributed by atoms with Gasteiger partial charge in [-0.05, 0) is 25.0 Å². The van der Waals surface area contributed by atoms with Gasteiger partial charge in [-0.15, -0.1) is 0 Å². The third-order valence-corrected chi connectivity index (χ3v) is 3.71. The topological polar surface area (TPSA) is 97.0 Å². The number of carbonyl (C=O) groups excluding carboxylic acids is 2. The predicted molar refractivity (Wildman–Crippen MR) is 87.3 cm³/mol. The van der Waals surface area contributed by atoms with Crippen LogP contribution in [-0.4, -0.2) is 40.7 Å². The number of methoxy groups -OCH3 is 1. The zero-order chi connectivity index (χ0) is 16.9. The standard InChI is InChI=1S/C17H18N4O3/c1-24-14(22)3-2-10-18-17(23)13-8-6-12(7-9-13)16-19-15(20-21-16)11-4-5-11/h2-3,6-9,11H,4-5,10H2,1H3,(H,18,23)(H,19,20,21)/b3-2+. The molecule has 1 aromatic carbocycles. The molecule has 1 saturated carbocycles. The molecular formula is C17H18N4O3. The molecule has 7 nitrogen and oxygen atoms in total. The molecule has 24 heavy (non-hydrogen) atoms. The maximum atomic E-state index is 12.0. The highest BCUT2D eigenvalue weighted by Gasteiger charge is 2.27. The van der Waals surface area contributed by atoms with E-state index < -0.39 is 5.97 Å². The van der Waals surface area contributed by atoms with E-state index in [1.165, 1.54) is 19.3 Å². The lowest BCUT2D eigenvalue weighted by Gasteiger charge is -2.03. The van der Waals surface area contributed by atoms with Gasteiger partial charge in [0.2, 0.25) is 0 Å². The summed E-state index contributed by atoms with van der Waals surface area (Å²) in [6.45, 7) is 0.251. The van der Waals surface area contributed by atoms with Crippen LogP contribution < -0.4 is 5.32 Å². The van der Waals surface area contributed by atoms with Crippen molar-refractivity contribution in [3.63, 3.8) is 0 Å². The molecule has 1 aliphatic carbocycles. The van der Waals surface area contributed by atoms with E-state index in [9.17, 15) is 9.59 Å². The smallest absolute Gasteiger partial charge is 0.330 e. The van der Waals surface area contributed by atoms with Crippen LogP contribution in [0.4, 0.5) is 0 Å². The van der Waals surface area contributed by atoms with Gasteiger partial charge >= 0.3 is 5.97 Å². The molecule has 1 aliphatic rings. The predicted octanol–water partition coefficient (Wildman–Crippen LogP) is 1.81. The summed E-state index contributed by atoms with van der Waals surface area (Å²) in [6, 6.07) is 7.09. The number of carbonyl (C=O) groups is 2. The molecule has 3 rings (SSSR count). The average Bonchev–Trinajstić information content (AvgIpc) is 3.35. The van der Waals surface area contributed by atoms with Crippen molar-refractivity contribution in [3.8, 4) is 11.4 Å². The summed E-state index contributed by atoms with van der Waals surface area (Å²) >= 11 is 0. The molecule has 0 aliphatic heterocycles. The molecule has 7 heteroatoms. The van der Waals surface area contributed by atoms with Gasteiger partial charge in [-0.2, -0.15) is 5.10 Å². The third-order valence-electron chi connectivity index (χ3n) is 3.71. The fourth-order valence-electron chi connectivity index (χ4n) is 2.19. The number of ether oxygens (including phenoxy) is 1. The average molecular weight is 326 g/mol. The second-order valence-electron chi connectivity index (χ2n) is 5.53. The van der Waals surface area contributed by atoms with Crippen LogP contribution in [0.15, 0.2) is 36.4 Å². The van der Waals surface area contributed by atoms with Crippen molar-refractivity contribution in [3.05, 3.63) is 47.8 Å². The molecular weight excluding hydrogens is 308 g/mol. The van der Waals surface area contributed by atoms with Crippen LogP contribution in [0.25, 0.3) is 11.4 Å². The van der Waals surface area contributed by atoms with Crippen molar-refractivity contribution in [2.75, 3.05) is 13.7 Å². The van der Waals surface area contributed by atoms with E-state index in [1.54, 1.807) is 12.1 Å². The monoisotopic (exact) mass is 326 g/mol. The highest BCUT2D eigenvalue weighted by Crippen LogP contribution is 2.38. The Kier molecular flexibility index (Phi) is 4.69. The van der Waals surface area contributed by atoms with Crippen LogP contribution in [0.2, 0.25) is 0 Å². The van der Waals surface area contributed by atoms with Gasteiger partial charge in [0, 0.05) is 29.7 Å². The molecule has 2 N–H and O–H groups in total. The Bertz CT molecular complexity index is 760. The number of benzene rings is 1. The fraction of sp³-hybridized carbons (Fsp3) is 0.294. The number of esters is 1. The molecule has 0 radical (unpaired) electrons. The first-order valence-electron chi connectivity index (χ1n) is 7.73. The molecule has 1 aromatic heterocycles. The van der Waals surface area contributed by atoms with Gasteiger partial charge in [-0.25, -0.2) is 9.78 Å². The highest BCUT2D eigenvalue weighted by atomic mass is 16.5. The summed E-state index contributed by atoms with van der Waals surface area (Å²) in [5.41, 5.74) is 1.39. The highest BCUT2D eigenvalue weighted by molar-refractivity contribution is 5.94. The number of aromatic nitrogens is 3. The minimum absolute atomic E-state index is 0.218. The molecule has 2 aromatic rings. The SMILES string of the molecule is COC(=O)/C=C/CNC(=O)c1ccc(-c2n[nH]c(C3CC3)n2)cc1. The van der Waals surface area contributed by atoms with E-state index in [1.807, 2.05) is 12.1 Å². The van der Waals surface area contributed by atoms with Crippen LogP contribution in [0, 0.1) is 0 Å². The van der Waals surface area contributed by atoms with Gasteiger partial charge in [0.25, 0.3) is 5.91 Å². The Hall–Kier alpha value is -2.96. The number of hydrogen-bond donors (Lipinski definition) is 2. The van der Waals surface area contributed by atoms with Crippen molar-refractivity contribution < 1.29 is 14.3 Å². The zero-order valence-electron chi connectivity index (χ0n) is 13.3. The number of H-pyrrole nitrogens is 1. The summed E-state index contributed by atoms with van der Waals surface area (Å²) in [4.78, 5) is 27.4. The van der Waals surface area contributed by atoms with Gasteiger partial charge < -0.3 is 10.1 Å². The van der Waals surface area contributed by atoms with Crippen molar-refractivity contribution in [1.29, 1.82) is 0 Å². The van der Waals surface area contributed by atoms with Gasteiger partial charge in [-0.3, -0.25) is 9.89 Å². The van der Waals surface area contributed by atoms with Gasteiger partial charge in [-0.1, -0.05) is 18.2 Å². The number of rotatable bonds is 6. The maximum Gasteiger partial charge on any atom is 0.330 e. The second-order valence-corrected chi connectivity index (χ2v) is 5.53. The molecule has 0 spiro atoms. The molecule has 0 bridgehead atoms. The van der Waals surface area contributed by atoms with Gasteiger partial charge in [0.05, 0.1) is 7.11 Å². The van der Waals surface area contributed by atoms with E-state index >= 15 is 0 Å². The first-order valence-corrected chi connectivity index (χ1v) is 7.73. The molecule has 0 saturated heterocycles. The van der Waals surface area contributed by atoms with Crippen molar-refractivity contribution >= 4 is 11.9 Å². The summed E-state index contributed by atoms with van der Waals surface area (Å²) < 4.78 is 4.46. The normalized spacial score (nSPS) is 13.9. The van der Waals surface area contributed by atoms with Crippen molar-refractivity contribution in [2.45, 2.75) is 18.8 Å². The molecule has 1 amide bonds. The van der Waals surface area contributed by atoms with Crippen molar-refractivity contribution in [2.24, 2.45) is 0 Å². The van der Waals surface area contributed by atoms with Gasteiger partial charge in [0.1, 0.15) is 5.82 Å². The molecule has 0 unspecified atom stereocenters. The number of hydrogen-bond acceptors (Lipinski definition) is 5. The van der Waals surface area contributed by atoms with Gasteiger partial charge in [0.15, 0.2) is 5.82 Å². The lowest BCUT2D eigenvalue weighted by atomic mass is 10.1. The fourth-order valence-corrected chi connectivity index (χ4v) is 2.19. The van der Waals surface area contributed by atoms with E-state index in [-0.39, 0.29) is 12.5 Å². The third kappa shape index (κ3) is 3.87. The lowest BCUT2D eigenvalue weighted by Crippen LogP contribution is -2.23. The molecule has 1 fully saturated rings. The Morgan fingerprint density at radius 2 is 2.08 bits per heavy atom. The largest absolute Gasteiger partial charge is 0.466 e. The minimum atomic E-state index is -0.453. The Labute approximate surface area is 139 Å². The van der Waals surface area contributed by atoms with Crippen LogP contribution in [-0.2, 0) is 9.53 Å².